The Morgan fingerprint density at radius 1 is 0.299 bits per heavy atom. The van der Waals surface area contributed by atoms with Crippen LogP contribution in [-0.2, 0) is 28.6 Å². The van der Waals surface area contributed by atoms with Gasteiger partial charge in [-0.2, -0.15) is 0 Å². The second-order valence-corrected chi connectivity index (χ2v) is 19.9. The molecular weight excluding hydrogens is 829 g/mol. The molecule has 0 spiro atoms. The standard InChI is InChI=1S/C61H112O6/c1-4-7-10-13-16-19-22-24-26-27-28-29-30-31-32-33-35-36-39-42-45-48-51-54-60(63)66-57-58(56-65-59(62)53-50-47-44-41-38-21-18-15-12-9-6-3)67-61(64)55-52-49-46-43-40-37-34-25-23-20-17-14-11-8-5-2/h17,20,25,27-28,34,58H,4-16,18-19,21-24,26,29-33,35-57H2,1-3H3/b20-17-,28-27-,34-25-. The van der Waals surface area contributed by atoms with Crippen LogP contribution in [0.4, 0.5) is 0 Å². The predicted octanol–water partition coefficient (Wildman–Crippen LogP) is 19.7. The van der Waals surface area contributed by atoms with E-state index in [0.717, 1.165) is 83.5 Å². The molecule has 0 aromatic carbocycles. The maximum Gasteiger partial charge on any atom is 0.306 e. The van der Waals surface area contributed by atoms with Crippen molar-refractivity contribution in [3.63, 3.8) is 0 Å². The van der Waals surface area contributed by atoms with E-state index in [-0.39, 0.29) is 31.1 Å². The van der Waals surface area contributed by atoms with Gasteiger partial charge in [0.15, 0.2) is 6.10 Å². The molecule has 0 aliphatic carbocycles. The molecule has 6 heteroatoms. The Morgan fingerprint density at radius 3 is 0.866 bits per heavy atom. The highest BCUT2D eigenvalue weighted by molar-refractivity contribution is 5.71. The van der Waals surface area contributed by atoms with Gasteiger partial charge in [-0.15, -0.1) is 0 Å². The van der Waals surface area contributed by atoms with E-state index >= 15 is 0 Å². The van der Waals surface area contributed by atoms with Crippen LogP contribution in [0.2, 0.25) is 0 Å². The van der Waals surface area contributed by atoms with Crippen LogP contribution in [0.5, 0.6) is 0 Å². The smallest absolute Gasteiger partial charge is 0.306 e. The summed E-state index contributed by atoms with van der Waals surface area (Å²) in [5.41, 5.74) is 0. The molecule has 392 valence electrons. The molecule has 0 radical (unpaired) electrons. The Labute approximate surface area is 416 Å². The van der Waals surface area contributed by atoms with Crippen molar-refractivity contribution in [1.29, 1.82) is 0 Å². The molecule has 0 bridgehead atoms. The molecule has 0 saturated heterocycles. The van der Waals surface area contributed by atoms with Gasteiger partial charge >= 0.3 is 17.9 Å². The van der Waals surface area contributed by atoms with Gasteiger partial charge in [-0.3, -0.25) is 14.4 Å². The van der Waals surface area contributed by atoms with Crippen molar-refractivity contribution in [2.24, 2.45) is 0 Å². The Bertz CT molecular complexity index is 1130. The quantitative estimate of drug-likeness (QED) is 0.0262. The predicted molar refractivity (Wildman–Crippen MR) is 289 cm³/mol. The second kappa shape index (κ2) is 56.2. The summed E-state index contributed by atoms with van der Waals surface area (Å²) in [5, 5.41) is 0. The van der Waals surface area contributed by atoms with E-state index < -0.39 is 6.10 Å². The van der Waals surface area contributed by atoms with Crippen LogP contribution in [0.25, 0.3) is 0 Å². The number of allylic oxidation sites excluding steroid dienone is 6. The molecule has 0 aliphatic heterocycles. The Hall–Kier alpha value is -2.37. The SMILES string of the molecule is CCCCC/C=C\C/C=C\CCCCCCCC(=O)OC(COC(=O)CCCCCCCCCCCCC)COC(=O)CCCCCCCCCCCCC/C=C\CCCCCCCCCC. The second-order valence-electron chi connectivity index (χ2n) is 19.9. The molecule has 67 heavy (non-hydrogen) atoms. The van der Waals surface area contributed by atoms with Crippen molar-refractivity contribution in [3.8, 4) is 0 Å². The highest BCUT2D eigenvalue weighted by Gasteiger charge is 2.19. The van der Waals surface area contributed by atoms with Crippen molar-refractivity contribution >= 4 is 17.9 Å². The fourth-order valence-corrected chi connectivity index (χ4v) is 8.65. The van der Waals surface area contributed by atoms with Gasteiger partial charge in [0.25, 0.3) is 0 Å². The molecule has 0 rings (SSSR count). The number of hydrogen-bond acceptors (Lipinski definition) is 6. The number of carbonyl (C=O) groups is 3. The van der Waals surface area contributed by atoms with Crippen molar-refractivity contribution in [3.05, 3.63) is 36.5 Å². The number of esters is 3. The van der Waals surface area contributed by atoms with E-state index in [1.54, 1.807) is 0 Å². The average Bonchev–Trinajstić information content (AvgIpc) is 3.33. The third kappa shape index (κ3) is 54.4. The van der Waals surface area contributed by atoms with Crippen LogP contribution in [0.1, 0.15) is 316 Å². The summed E-state index contributed by atoms with van der Waals surface area (Å²) in [7, 11) is 0. The van der Waals surface area contributed by atoms with Crippen LogP contribution in [-0.4, -0.2) is 37.2 Å². The van der Waals surface area contributed by atoms with Gasteiger partial charge < -0.3 is 14.2 Å². The molecule has 0 heterocycles. The largest absolute Gasteiger partial charge is 0.462 e. The van der Waals surface area contributed by atoms with Crippen LogP contribution in [0.15, 0.2) is 36.5 Å². The van der Waals surface area contributed by atoms with Gasteiger partial charge in [-0.25, -0.2) is 0 Å². The molecule has 1 unspecified atom stereocenters. The molecule has 6 nitrogen and oxygen atoms in total. The molecule has 0 N–H and O–H groups in total. The lowest BCUT2D eigenvalue weighted by atomic mass is 10.0. The van der Waals surface area contributed by atoms with E-state index in [9.17, 15) is 14.4 Å². The molecule has 0 saturated carbocycles. The number of carbonyl (C=O) groups excluding carboxylic acids is 3. The highest BCUT2D eigenvalue weighted by atomic mass is 16.6. The summed E-state index contributed by atoms with van der Waals surface area (Å²) < 4.78 is 16.8. The van der Waals surface area contributed by atoms with Crippen LogP contribution >= 0.6 is 0 Å². The van der Waals surface area contributed by atoms with Gasteiger partial charge in [-0.1, -0.05) is 256 Å². The first-order chi connectivity index (χ1) is 33.0. The summed E-state index contributed by atoms with van der Waals surface area (Å²) in [6.45, 7) is 6.63. The summed E-state index contributed by atoms with van der Waals surface area (Å²) in [5.74, 6) is -0.874. The van der Waals surface area contributed by atoms with Crippen LogP contribution < -0.4 is 0 Å². The lowest BCUT2D eigenvalue weighted by Crippen LogP contribution is -2.30. The Balaban J connectivity index is 4.25. The number of ether oxygens (including phenoxy) is 3. The number of unbranched alkanes of at least 4 members (excludes halogenated alkanes) is 37. The van der Waals surface area contributed by atoms with E-state index in [1.807, 2.05) is 0 Å². The summed E-state index contributed by atoms with van der Waals surface area (Å²) in [6.07, 6.45) is 67.1. The number of hydrogen-bond donors (Lipinski definition) is 0. The Morgan fingerprint density at radius 2 is 0.537 bits per heavy atom. The number of rotatable bonds is 54. The summed E-state index contributed by atoms with van der Waals surface area (Å²) in [6, 6.07) is 0. The van der Waals surface area contributed by atoms with Gasteiger partial charge in [-0.05, 0) is 77.0 Å². The zero-order chi connectivity index (χ0) is 48.6. The normalized spacial score (nSPS) is 12.2. The van der Waals surface area contributed by atoms with Crippen LogP contribution in [0.3, 0.4) is 0 Å². The first-order valence-electron chi connectivity index (χ1n) is 29.5. The molecular formula is C61H112O6. The molecule has 0 aliphatic rings. The zero-order valence-corrected chi connectivity index (χ0v) is 44.9. The summed E-state index contributed by atoms with van der Waals surface area (Å²) in [4.78, 5) is 38.1. The zero-order valence-electron chi connectivity index (χ0n) is 44.9. The van der Waals surface area contributed by atoms with E-state index in [1.165, 1.54) is 193 Å². The van der Waals surface area contributed by atoms with E-state index in [4.69, 9.17) is 14.2 Å². The average molecular weight is 942 g/mol. The molecule has 0 aromatic heterocycles. The first-order valence-corrected chi connectivity index (χ1v) is 29.5. The lowest BCUT2D eigenvalue weighted by molar-refractivity contribution is -0.167. The van der Waals surface area contributed by atoms with Crippen molar-refractivity contribution in [2.45, 2.75) is 322 Å². The summed E-state index contributed by atoms with van der Waals surface area (Å²) >= 11 is 0. The van der Waals surface area contributed by atoms with Gasteiger partial charge in [0.2, 0.25) is 0 Å². The minimum absolute atomic E-state index is 0.0746. The van der Waals surface area contributed by atoms with E-state index in [2.05, 4.69) is 57.2 Å². The van der Waals surface area contributed by atoms with Crippen molar-refractivity contribution in [1.82, 2.24) is 0 Å². The van der Waals surface area contributed by atoms with Gasteiger partial charge in [0.05, 0.1) is 0 Å². The molecule has 1 atom stereocenters. The lowest BCUT2D eigenvalue weighted by Gasteiger charge is -2.18. The topological polar surface area (TPSA) is 78.9 Å². The fraction of sp³-hybridized carbons (Fsp3) is 0.852. The maximum atomic E-state index is 12.8. The molecule has 0 aromatic rings. The maximum absolute atomic E-state index is 12.8. The van der Waals surface area contributed by atoms with Crippen LogP contribution in [0, 0.1) is 0 Å². The molecule has 0 amide bonds. The Kier molecular flexibility index (Phi) is 54.2. The first kappa shape index (κ1) is 64.6. The minimum atomic E-state index is -0.776. The third-order valence-electron chi connectivity index (χ3n) is 13.1. The van der Waals surface area contributed by atoms with Crippen molar-refractivity contribution in [2.75, 3.05) is 13.2 Å². The highest BCUT2D eigenvalue weighted by Crippen LogP contribution is 2.16. The fourth-order valence-electron chi connectivity index (χ4n) is 8.65. The molecule has 0 fully saturated rings. The van der Waals surface area contributed by atoms with Crippen molar-refractivity contribution < 1.29 is 28.6 Å². The van der Waals surface area contributed by atoms with Gasteiger partial charge in [0, 0.05) is 19.3 Å². The minimum Gasteiger partial charge on any atom is -0.462 e. The van der Waals surface area contributed by atoms with Gasteiger partial charge in [0.1, 0.15) is 13.2 Å². The monoisotopic (exact) mass is 941 g/mol. The third-order valence-corrected chi connectivity index (χ3v) is 13.1. The van der Waals surface area contributed by atoms with E-state index in [0.29, 0.717) is 19.3 Å².